The number of sulfonamides is 1. The second-order valence-electron chi connectivity index (χ2n) is 5.67. The number of hydrogen-bond donors (Lipinski definition) is 3. The molecule has 0 fully saturated rings. The molecule has 0 aromatic heterocycles. The SMILES string of the molecule is CC(C)CC(CO)NS(=O)(=O)c1ccc2c(c1)CC(=O)N2. The number of amides is 1. The minimum atomic E-state index is -3.71. The first-order valence-electron chi connectivity index (χ1n) is 6.88. The van der Waals surface area contributed by atoms with Crippen LogP contribution in [-0.4, -0.2) is 32.1 Å². The van der Waals surface area contributed by atoms with Crippen LogP contribution in [0.4, 0.5) is 5.69 Å². The minimum Gasteiger partial charge on any atom is -0.395 e. The van der Waals surface area contributed by atoms with Gasteiger partial charge in [0.05, 0.1) is 17.9 Å². The summed E-state index contributed by atoms with van der Waals surface area (Å²) in [5.74, 6) is 0.132. The molecule has 1 aromatic rings. The van der Waals surface area contributed by atoms with Gasteiger partial charge in [0, 0.05) is 11.7 Å². The van der Waals surface area contributed by atoms with Crippen molar-refractivity contribution in [3.8, 4) is 0 Å². The molecular formula is C14H20N2O4S. The summed E-state index contributed by atoms with van der Waals surface area (Å²) in [6.07, 6.45) is 0.745. The van der Waals surface area contributed by atoms with Crippen molar-refractivity contribution in [2.75, 3.05) is 11.9 Å². The summed E-state index contributed by atoms with van der Waals surface area (Å²) in [5, 5.41) is 12.0. The van der Waals surface area contributed by atoms with Gasteiger partial charge >= 0.3 is 0 Å². The maximum Gasteiger partial charge on any atom is 0.240 e. The van der Waals surface area contributed by atoms with Crippen LogP contribution in [0.3, 0.4) is 0 Å². The Labute approximate surface area is 124 Å². The van der Waals surface area contributed by atoms with Crippen molar-refractivity contribution in [3.63, 3.8) is 0 Å². The minimum absolute atomic E-state index is 0.111. The smallest absolute Gasteiger partial charge is 0.240 e. The number of carbonyl (C=O) groups excluding carboxylic acids is 1. The largest absolute Gasteiger partial charge is 0.395 e. The highest BCUT2D eigenvalue weighted by molar-refractivity contribution is 7.89. The summed E-state index contributed by atoms with van der Waals surface area (Å²) < 4.78 is 27.2. The van der Waals surface area contributed by atoms with E-state index in [4.69, 9.17) is 0 Å². The van der Waals surface area contributed by atoms with Gasteiger partial charge in [-0.15, -0.1) is 0 Å². The maximum atomic E-state index is 12.3. The molecule has 1 aliphatic rings. The molecule has 7 heteroatoms. The molecule has 1 unspecified atom stereocenters. The third-order valence-electron chi connectivity index (χ3n) is 3.31. The zero-order chi connectivity index (χ0) is 15.6. The molecule has 116 valence electrons. The second-order valence-corrected chi connectivity index (χ2v) is 7.39. The molecule has 1 aromatic carbocycles. The molecule has 2 rings (SSSR count). The van der Waals surface area contributed by atoms with Crippen LogP contribution in [0.1, 0.15) is 25.8 Å². The van der Waals surface area contributed by atoms with E-state index in [0.29, 0.717) is 17.7 Å². The first-order chi connectivity index (χ1) is 9.81. The van der Waals surface area contributed by atoms with Crippen LogP contribution in [-0.2, 0) is 21.2 Å². The first kappa shape index (κ1) is 15.9. The molecule has 0 saturated heterocycles. The average molecular weight is 312 g/mol. The lowest BCUT2D eigenvalue weighted by Crippen LogP contribution is -2.38. The van der Waals surface area contributed by atoms with E-state index in [-0.39, 0.29) is 29.7 Å². The molecule has 1 atom stereocenters. The fraction of sp³-hybridized carbons (Fsp3) is 0.500. The third kappa shape index (κ3) is 3.81. The lowest BCUT2D eigenvalue weighted by molar-refractivity contribution is -0.115. The van der Waals surface area contributed by atoms with Crippen molar-refractivity contribution >= 4 is 21.6 Å². The number of anilines is 1. The summed E-state index contributed by atoms with van der Waals surface area (Å²) >= 11 is 0. The van der Waals surface area contributed by atoms with Gasteiger partial charge in [0.1, 0.15) is 0 Å². The van der Waals surface area contributed by atoms with Gasteiger partial charge in [-0.25, -0.2) is 13.1 Å². The van der Waals surface area contributed by atoms with Gasteiger partial charge in [0.2, 0.25) is 15.9 Å². The molecule has 0 radical (unpaired) electrons. The Morgan fingerprint density at radius 1 is 1.38 bits per heavy atom. The van der Waals surface area contributed by atoms with Crippen LogP contribution in [0, 0.1) is 5.92 Å². The van der Waals surface area contributed by atoms with Crippen molar-refractivity contribution < 1.29 is 18.3 Å². The standard InChI is InChI=1S/C14H20N2O4S/c1-9(2)5-11(8-17)16-21(19,20)12-3-4-13-10(6-12)7-14(18)15-13/h3-4,6,9,11,16-17H,5,7-8H2,1-2H3,(H,15,18). The highest BCUT2D eigenvalue weighted by Crippen LogP contribution is 2.25. The number of fused-ring (bicyclic) bond motifs is 1. The second kappa shape index (κ2) is 6.13. The highest BCUT2D eigenvalue weighted by Gasteiger charge is 2.24. The number of aliphatic hydroxyl groups excluding tert-OH is 1. The van der Waals surface area contributed by atoms with Crippen molar-refractivity contribution in [1.29, 1.82) is 0 Å². The summed E-state index contributed by atoms with van der Waals surface area (Å²) in [7, 11) is -3.71. The number of hydrogen-bond acceptors (Lipinski definition) is 4. The van der Waals surface area contributed by atoms with E-state index in [1.807, 2.05) is 13.8 Å². The quantitative estimate of drug-likeness (QED) is 0.726. The normalized spacial score (nSPS) is 15.9. The Hall–Kier alpha value is -1.44. The fourth-order valence-corrected chi connectivity index (χ4v) is 3.68. The van der Waals surface area contributed by atoms with Crippen LogP contribution >= 0.6 is 0 Å². The Balaban J connectivity index is 2.20. The molecule has 21 heavy (non-hydrogen) atoms. The Kier molecular flexibility index (Phi) is 4.65. The zero-order valence-corrected chi connectivity index (χ0v) is 12.9. The van der Waals surface area contributed by atoms with Gasteiger partial charge in [-0.05, 0) is 36.1 Å². The van der Waals surface area contributed by atoms with Crippen LogP contribution in [0.25, 0.3) is 0 Å². The highest BCUT2D eigenvalue weighted by atomic mass is 32.2. The van der Waals surface area contributed by atoms with Crippen molar-refractivity contribution in [2.24, 2.45) is 5.92 Å². The van der Waals surface area contributed by atoms with E-state index in [1.165, 1.54) is 12.1 Å². The van der Waals surface area contributed by atoms with Gasteiger partial charge in [-0.3, -0.25) is 4.79 Å². The molecular weight excluding hydrogens is 292 g/mol. The molecule has 0 aliphatic carbocycles. The average Bonchev–Trinajstić information content (AvgIpc) is 2.76. The summed E-state index contributed by atoms with van der Waals surface area (Å²) in [6, 6.07) is 4.03. The monoisotopic (exact) mass is 312 g/mol. The lowest BCUT2D eigenvalue weighted by Gasteiger charge is -2.18. The van der Waals surface area contributed by atoms with Crippen LogP contribution in [0.2, 0.25) is 0 Å². The number of nitrogens with one attached hydrogen (secondary N) is 2. The van der Waals surface area contributed by atoms with E-state index in [2.05, 4.69) is 10.0 Å². The summed E-state index contributed by atoms with van der Waals surface area (Å²) in [5.41, 5.74) is 1.33. The predicted octanol–water partition coefficient (Wildman–Crippen LogP) is 0.866. The van der Waals surface area contributed by atoms with E-state index in [0.717, 1.165) is 0 Å². The van der Waals surface area contributed by atoms with Gasteiger partial charge < -0.3 is 10.4 Å². The molecule has 1 amide bonds. The molecule has 0 saturated carbocycles. The van der Waals surface area contributed by atoms with Crippen LogP contribution in [0.5, 0.6) is 0 Å². The molecule has 1 heterocycles. The Bertz CT molecular complexity index is 640. The first-order valence-corrected chi connectivity index (χ1v) is 8.36. The zero-order valence-electron chi connectivity index (χ0n) is 12.1. The molecule has 0 bridgehead atoms. The van der Waals surface area contributed by atoms with Gasteiger partial charge in [-0.2, -0.15) is 0 Å². The van der Waals surface area contributed by atoms with Gasteiger partial charge in [0.15, 0.2) is 0 Å². The van der Waals surface area contributed by atoms with Gasteiger partial charge in [0.25, 0.3) is 0 Å². The van der Waals surface area contributed by atoms with Crippen LogP contribution < -0.4 is 10.0 Å². The van der Waals surface area contributed by atoms with Crippen molar-refractivity contribution in [3.05, 3.63) is 23.8 Å². The lowest BCUT2D eigenvalue weighted by atomic mass is 10.1. The van der Waals surface area contributed by atoms with Crippen molar-refractivity contribution in [2.45, 2.75) is 37.6 Å². The van der Waals surface area contributed by atoms with E-state index < -0.39 is 16.1 Å². The van der Waals surface area contributed by atoms with E-state index in [9.17, 15) is 18.3 Å². The topological polar surface area (TPSA) is 95.5 Å². The van der Waals surface area contributed by atoms with E-state index in [1.54, 1.807) is 6.07 Å². The molecule has 6 nitrogen and oxygen atoms in total. The fourth-order valence-electron chi connectivity index (χ4n) is 2.39. The summed E-state index contributed by atoms with van der Waals surface area (Å²) in [4.78, 5) is 11.4. The summed E-state index contributed by atoms with van der Waals surface area (Å²) in [6.45, 7) is 3.68. The number of benzene rings is 1. The molecule has 1 aliphatic heterocycles. The Morgan fingerprint density at radius 2 is 2.10 bits per heavy atom. The Morgan fingerprint density at radius 3 is 2.71 bits per heavy atom. The van der Waals surface area contributed by atoms with Gasteiger partial charge in [-0.1, -0.05) is 13.8 Å². The number of carbonyl (C=O) groups is 1. The number of rotatable bonds is 6. The molecule has 3 N–H and O–H groups in total. The number of aliphatic hydroxyl groups is 1. The van der Waals surface area contributed by atoms with Crippen LogP contribution in [0.15, 0.2) is 23.1 Å². The predicted molar refractivity (Wildman–Crippen MR) is 79.4 cm³/mol. The third-order valence-corrected chi connectivity index (χ3v) is 4.83. The molecule has 0 spiro atoms. The van der Waals surface area contributed by atoms with E-state index >= 15 is 0 Å². The maximum absolute atomic E-state index is 12.3. The van der Waals surface area contributed by atoms with Crippen molar-refractivity contribution in [1.82, 2.24) is 4.72 Å².